The summed E-state index contributed by atoms with van der Waals surface area (Å²) >= 11 is 0. The third-order valence-electron chi connectivity index (χ3n) is 4.95. The highest BCUT2D eigenvalue weighted by atomic mass is 16.5. The van der Waals surface area contributed by atoms with E-state index in [1.807, 2.05) is 48.5 Å². The van der Waals surface area contributed by atoms with Crippen LogP contribution in [0.25, 0.3) is 17.0 Å². The van der Waals surface area contributed by atoms with Gasteiger partial charge >= 0.3 is 5.97 Å². The van der Waals surface area contributed by atoms with E-state index in [9.17, 15) is 9.59 Å². The number of fused-ring (bicyclic) bond motifs is 1. The monoisotopic (exact) mass is 402 g/mol. The first-order valence-corrected chi connectivity index (χ1v) is 9.86. The molecule has 1 atom stereocenters. The molecule has 2 heterocycles. The molecular weight excluding hydrogens is 380 g/mol. The number of amides is 1. The van der Waals surface area contributed by atoms with Gasteiger partial charge in [-0.2, -0.15) is 0 Å². The minimum absolute atomic E-state index is 0.238. The molecule has 1 aromatic heterocycles. The van der Waals surface area contributed by atoms with Gasteiger partial charge in [0.05, 0.1) is 18.7 Å². The summed E-state index contributed by atoms with van der Waals surface area (Å²) in [6, 6.07) is 18.6. The summed E-state index contributed by atoms with van der Waals surface area (Å²) in [7, 11) is 0. The average Bonchev–Trinajstić information content (AvgIpc) is 2.82. The fourth-order valence-electron chi connectivity index (χ4n) is 3.41. The predicted octanol–water partition coefficient (Wildman–Crippen LogP) is 3.39. The van der Waals surface area contributed by atoms with E-state index in [1.165, 1.54) is 6.08 Å². The fourth-order valence-corrected chi connectivity index (χ4v) is 3.41. The van der Waals surface area contributed by atoms with E-state index in [2.05, 4.69) is 4.98 Å². The van der Waals surface area contributed by atoms with E-state index in [0.717, 1.165) is 16.5 Å². The maximum atomic E-state index is 13.0. The molecule has 30 heavy (non-hydrogen) atoms. The number of ether oxygens (including phenoxy) is 2. The lowest BCUT2D eigenvalue weighted by molar-refractivity contribution is -0.159. The summed E-state index contributed by atoms with van der Waals surface area (Å²) in [6.07, 6.45) is 3.72. The van der Waals surface area contributed by atoms with E-state index < -0.39 is 12.1 Å². The van der Waals surface area contributed by atoms with E-state index in [-0.39, 0.29) is 5.91 Å². The lowest BCUT2D eigenvalue weighted by Crippen LogP contribution is -2.44. The van der Waals surface area contributed by atoms with Gasteiger partial charge in [-0.05, 0) is 12.1 Å². The van der Waals surface area contributed by atoms with Crippen LogP contribution in [0.5, 0.6) is 0 Å². The molecule has 1 fully saturated rings. The molecule has 152 valence electrons. The number of nitrogens with zero attached hydrogens (tertiary/aromatic N) is 2. The molecule has 6 nitrogen and oxygen atoms in total. The van der Waals surface area contributed by atoms with Crippen molar-refractivity contribution in [1.82, 2.24) is 9.88 Å². The Kier molecular flexibility index (Phi) is 6.15. The number of carbonyl (C=O) groups is 2. The molecule has 2 aromatic carbocycles. The van der Waals surface area contributed by atoms with Crippen molar-refractivity contribution in [3.05, 3.63) is 84.1 Å². The van der Waals surface area contributed by atoms with Gasteiger partial charge < -0.3 is 14.4 Å². The van der Waals surface area contributed by atoms with Crippen molar-refractivity contribution < 1.29 is 19.1 Å². The van der Waals surface area contributed by atoms with Crippen LogP contribution < -0.4 is 0 Å². The molecule has 1 saturated heterocycles. The summed E-state index contributed by atoms with van der Waals surface area (Å²) in [5.74, 6) is -0.823. The van der Waals surface area contributed by atoms with Crippen LogP contribution in [0, 0.1) is 0 Å². The summed E-state index contributed by atoms with van der Waals surface area (Å²) in [6.45, 7) is 1.93. The van der Waals surface area contributed by atoms with Crippen LogP contribution in [0.3, 0.4) is 0 Å². The van der Waals surface area contributed by atoms with Crippen LogP contribution in [0.1, 0.15) is 17.2 Å². The number of morpholine rings is 1. The van der Waals surface area contributed by atoms with Crippen molar-refractivity contribution in [2.75, 3.05) is 26.3 Å². The van der Waals surface area contributed by atoms with Crippen molar-refractivity contribution in [1.29, 1.82) is 0 Å². The van der Waals surface area contributed by atoms with Gasteiger partial charge in [-0.3, -0.25) is 9.78 Å². The van der Waals surface area contributed by atoms with E-state index in [0.29, 0.717) is 31.9 Å². The minimum Gasteiger partial charge on any atom is -0.444 e. The van der Waals surface area contributed by atoms with Crippen LogP contribution in [0.15, 0.2) is 72.9 Å². The van der Waals surface area contributed by atoms with Gasteiger partial charge in [-0.25, -0.2) is 4.79 Å². The topological polar surface area (TPSA) is 68.7 Å². The third kappa shape index (κ3) is 4.55. The lowest BCUT2D eigenvalue weighted by Gasteiger charge is -2.30. The highest BCUT2D eigenvalue weighted by Crippen LogP contribution is 2.22. The minimum atomic E-state index is -0.993. The molecule has 0 radical (unpaired) electrons. The van der Waals surface area contributed by atoms with Gasteiger partial charge in [0, 0.05) is 41.9 Å². The number of para-hydroxylation sites is 1. The predicted molar refractivity (Wildman–Crippen MR) is 113 cm³/mol. The zero-order valence-corrected chi connectivity index (χ0v) is 16.4. The van der Waals surface area contributed by atoms with E-state index >= 15 is 0 Å². The largest absolute Gasteiger partial charge is 0.444 e. The quantitative estimate of drug-likeness (QED) is 0.483. The lowest BCUT2D eigenvalue weighted by atomic mass is 10.1. The highest BCUT2D eigenvalue weighted by Gasteiger charge is 2.29. The Morgan fingerprint density at radius 1 is 1.00 bits per heavy atom. The van der Waals surface area contributed by atoms with E-state index in [4.69, 9.17) is 9.47 Å². The Hall–Kier alpha value is -3.51. The Morgan fingerprint density at radius 2 is 1.77 bits per heavy atom. The maximum Gasteiger partial charge on any atom is 0.331 e. The summed E-state index contributed by atoms with van der Waals surface area (Å²) < 4.78 is 10.9. The molecular formula is C24H22N2O4. The van der Waals surface area contributed by atoms with Gasteiger partial charge in [0.25, 0.3) is 5.91 Å². The van der Waals surface area contributed by atoms with Crippen LogP contribution in [-0.2, 0) is 19.1 Å². The highest BCUT2D eigenvalue weighted by molar-refractivity contribution is 5.94. The number of pyridine rings is 1. The van der Waals surface area contributed by atoms with Gasteiger partial charge in [0.1, 0.15) is 0 Å². The molecule has 0 aliphatic carbocycles. The Bertz CT molecular complexity index is 1050. The number of esters is 1. The van der Waals surface area contributed by atoms with Gasteiger partial charge in [-0.1, -0.05) is 54.6 Å². The fraction of sp³-hybridized carbons (Fsp3) is 0.208. The van der Waals surface area contributed by atoms with Crippen LogP contribution in [0.4, 0.5) is 0 Å². The zero-order valence-electron chi connectivity index (χ0n) is 16.4. The molecule has 1 unspecified atom stereocenters. The average molecular weight is 402 g/mol. The standard InChI is InChI=1S/C24H22N2O4/c27-21(12-11-19-9-4-8-18-10-5-13-25-22(18)19)30-23(20-6-2-1-3-7-20)24(28)26-14-16-29-17-15-26/h1-13,23H,14-17H2/b12-11+. The van der Waals surface area contributed by atoms with Crippen LogP contribution in [-0.4, -0.2) is 48.1 Å². The van der Waals surface area contributed by atoms with Gasteiger partial charge in [0.2, 0.25) is 6.10 Å². The van der Waals surface area contributed by atoms with Crippen molar-refractivity contribution >= 4 is 28.9 Å². The van der Waals surface area contributed by atoms with E-state index in [1.54, 1.807) is 29.3 Å². The number of hydrogen-bond donors (Lipinski definition) is 0. The molecule has 1 aliphatic rings. The molecule has 0 spiro atoms. The van der Waals surface area contributed by atoms with Crippen molar-refractivity contribution in [2.24, 2.45) is 0 Å². The molecule has 3 aromatic rings. The first kappa shape index (κ1) is 19.8. The second-order valence-corrected chi connectivity index (χ2v) is 6.92. The number of rotatable bonds is 5. The molecule has 1 amide bonds. The summed E-state index contributed by atoms with van der Waals surface area (Å²) in [4.78, 5) is 31.7. The van der Waals surface area contributed by atoms with Gasteiger partial charge in [0.15, 0.2) is 0 Å². The maximum absolute atomic E-state index is 13.0. The Balaban J connectivity index is 1.54. The molecule has 4 rings (SSSR count). The van der Waals surface area contributed by atoms with Crippen LogP contribution >= 0.6 is 0 Å². The normalized spacial score (nSPS) is 15.3. The number of hydrogen-bond acceptors (Lipinski definition) is 5. The van der Waals surface area contributed by atoms with Gasteiger partial charge in [-0.15, -0.1) is 0 Å². The third-order valence-corrected chi connectivity index (χ3v) is 4.95. The first-order valence-electron chi connectivity index (χ1n) is 9.86. The van der Waals surface area contributed by atoms with Crippen molar-refractivity contribution in [3.8, 4) is 0 Å². The molecule has 0 saturated carbocycles. The molecule has 0 N–H and O–H groups in total. The summed E-state index contributed by atoms with van der Waals surface area (Å²) in [5, 5.41) is 0.984. The Morgan fingerprint density at radius 3 is 2.57 bits per heavy atom. The SMILES string of the molecule is O=C(/C=C/c1cccc2cccnc12)OC(C(=O)N1CCOCC1)c1ccccc1. The number of carbonyl (C=O) groups excluding carboxylic acids is 2. The second-order valence-electron chi connectivity index (χ2n) is 6.92. The second kappa shape index (κ2) is 9.33. The first-order chi connectivity index (χ1) is 14.7. The zero-order chi connectivity index (χ0) is 20.8. The molecule has 6 heteroatoms. The van der Waals surface area contributed by atoms with Crippen molar-refractivity contribution in [3.63, 3.8) is 0 Å². The summed E-state index contributed by atoms with van der Waals surface area (Å²) in [5.41, 5.74) is 2.25. The van der Waals surface area contributed by atoms with Crippen LogP contribution in [0.2, 0.25) is 0 Å². The number of benzene rings is 2. The van der Waals surface area contributed by atoms with Crippen molar-refractivity contribution in [2.45, 2.75) is 6.10 Å². The molecule has 0 bridgehead atoms. The number of aromatic nitrogens is 1. The smallest absolute Gasteiger partial charge is 0.331 e. The Labute approximate surface area is 174 Å². The molecule has 1 aliphatic heterocycles.